The van der Waals surface area contributed by atoms with Crippen LogP contribution in [0.3, 0.4) is 0 Å². The minimum Gasteiger partial charge on any atom is -0.500 e. The number of methoxy groups -OCH3 is 1. The number of allylic oxidation sites excluding steroid dienone is 1. The van der Waals surface area contributed by atoms with Crippen LogP contribution in [0.25, 0.3) is 0 Å². The number of amides is 2. The van der Waals surface area contributed by atoms with Crippen LogP contribution in [-0.2, 0) is 14.3 Å². The van der Waals surface area contributed by atoms with Crippen LogP contribution >= 0.6 is 0 Å². The quantitative estimate of drug-likeness (QED) is 0.834. The van der Waals surface area contributed by atoms with Crippen molar-refractivity contribution in [2.24, 2.45) is 17.8 Å². The van der Waals surface area contributed by atoms with Gasteiger partial charge in [0.2, 0.25) is 11.8 Å². The van der Waals surface area contributed by atoms with E-state index in [-0.39, 0.29) is 35.6 Å². The van der Waals surface area contributed by atoms with Gasteiger partial charge in [0.15, 0.2) is 0 Å². The van der Waals surface area contributed by atoms with Gasteiger partial charge in [-0.2, -0.15) is 0 Å². The average molecular weight is 276 g/mol. The van der Waals surface area contributed by atoms with Gasteiger partial charge in [0.1, 0.15) is 5.76 Å². The van der Waals surface area contributed by atoms with Crippen molar-refractivity contribution in [2.75, 3.05) is 13.7 Å². The van der Waals surface area contributed by atoms with Crippen molar-refractivity contribution < 1.29 is 14.3 Å². The maximum atomic E-state index is 12.5. The molecule has 20 heavy (non-hydrogen) atoms. The first kappa shape index (κ1) is 13.2. The molecule has 0 aromatic carbocycles. The molecule has 0 unspecified atom stereocenters. The second-order valence-electron chi connectivity index (χ2n) is 5.64. The summed E-state index contributed by atoms with van der Waals surface area (Å²) in [6, 6.07) is -0.117. The Morgan fingerprint density at radius 3 is 2.85 bits per heavy atom. The van der Waals surface area contributed by atoms with Crippen molar-refractivity contribution in [2.45, 2.75) is 25.8 Å². The minimum absolute atomic E-state index is 0.108. The Morgan fingerprint density at radius 1 is 1.35 bits per heavy atom. The molecule has 2 aliphatic heterocycles. The standard InChI is InChI=1S/C15H20N2O3/c1-3-4-6-17-7-5-9-12-10(20-2)8-11(18)16-14(12)13(9)15(17)19/h5,7-9,12-14H,3-4,6H2,1-2H3,(H,16,18)/t9-,12-,13-,14+/m1/s1. The summed E-state index contributed by atoms with van der Waals surface area (Å²) in [6.45, 7) is 2.87. The lowest BCUT2D eigenvalue weighted by Crippen LogP contribution is -2.67. The summed E-state index contributed by atoms with van der Waals surface area (Å²) in [5.74, 6) is 0.784. The van der Waals surface area contributed by atoms with Gasteiger partial charge in [-0.3, -0.25) is 9.59 Å². The Hall–Kier alpha value is -1.78. The van der Waals surface area contributed by atoms with Crippen LogP contribution in [0, 0.1) is 17.8 Å². The molecule has 2 heterocycles. The van der Waals surface area contributed by atoms with E-state index in [1.165, 1.54) is 6.08 Å². The van der Waals surface area contributed by atoms with Crippen LogP contribution < -0.4 is 5.32 Å². The summed E-state index contributed by atoms with van der Waals surface area (Å²) >= 11 is 0. The minimum atomic E-state index is -0.163. The Kier molecular flexibility index (Phi) is 3.28. The molecule has 2 amide bonds. The highest BCUT2D eigenvalue weighted by Gasteiger charge is 2.58. The van der Waals surface area contributed by atoms with Gasteiger partial charge < -0.3 is 15.0 Å². The Labute approximate surface area is 118 Å². The number of nitrogens with zero attached hydrogens (tertiary/aromatic N) is 1. The number of rotatable bonds is 4. The Balaban J connectivity index is 1.81. The fraction of sp³-hybridized carbons (Fsp3) is 0.600. The van der Waals surface area contributed by atoms with Crippen molar-refractivity contribution >= 4 is 11.8 Å². The molecule has 1 aliphatic carbocycles. The van der Waals surface area contributed by atoms with Crippen LogP contribution in [0.5, 0.6) is 0 Å². The van der Waals surface area contributed by atoms with Crippen LogP contribution in [0.4, 0.5) is 0 Å². The molecule has 0 saturated heterocycles. The third kappa shape index (κ3) is 1.84. The predicted octanol–water partition coefficient (Wildman–Crippen LogP) is 1.03. The molecule has 5 heteroatoms. The van der Waals surface area contributed by atoms with E-state index >= 15 is 0 Å². The molecule has 3 aliphatic rings. The van der Waals surface area contributed by atoms with E-state index in [9.17, 15) is 9.59 Å². The van der Waals surface area contributed by atoms with Gasteiger partial charge in [-0.15, -0.1) is 0 Å². The lowest BCUT2D eigenvalue weighted by molar-refractivity contribution is -0.147. The van der Waals surface area contributed by atoms with Gasteiger partial charge in [-0.1, -0.05) is 19.4 Å². The summed E-state index contributed by atoms with van der Waals surface area (Å²) in [5, 5.41) is 2.91. The highest BCUT2D eigenvalue weighted by atomic mass is 16.5. The second kappa shape index (κ2) is 4.96. The summed E-state index contributed by atoms with van der Waals surface area (Å²) in [6.07, 6.45) is 7.55. The molecule has 0 aromatic rings. The summed E-state index contributed by atoms with van der Waals surface area (Å²) in [4.78, 5) is 25.9. The molecular formula is C15H20N2O3. The molecule has 0 spiro atoms. The summed E-state index contributed by atoms with van der Waals surface area (Å²) in [5.41, 5.74) is 0. The summed E-state index contributed by atoms with van der Waals surface area (Å²) in [7, 11) is 1.58. The fourth-order valence-corrected chi connectivity index (χ4v) is 3.49. The topological polar surface area (TPSA) is 58.6 Å². The molecule has 3 rings (SSSR count). The van der Waals surface area contributed by atoms with E-state index < -0.39 is 0 Å². The normalized spacial score (nSPS) is 34.7. The number of nitrogens with one attached hydrogen (secondary N) is 1. The zero-order chi connectivity index (χ0) is 14.3. The van der Waals surface area contributed by atoms with Crippen LogP contribution in [0.15, 0.2) is 24.1 Å². The smallest absolute Gasteiger partial charge is 0.247 e. The van der Waals surface area contributed by atoms with E-state index in [0.29, 0.717) is 5.76 Å². The van der Waals surface area contributed by atoms with Gasteiger partial charge in [-0.25, -0.2) is 0 Å². The molecule has 1 saturated carbocycles. The van der Waals surface area contributed by atoms with Crippen molar-refractivity contribution in [3.63, 3.8) is 0 Å². The van der Waals surface area contributed by atoms with Gasteiger partial charge in [-0.05, 0) is 6.42 Å². The molecule has 108 valence electrons. The van der Waals surface area contributed by atoms with Gasteiger partial charge in [0.25, 0.3) is 0 Å². The van der Waals surface area contributed by atoms with Crippen LogP contribution in [-0.4, -0.2) is 36.4 Å². The second-order valence-corrected chi connectivity index (χ2v) is 5.64. The number of unbranched alkanes of at least 4 members (excludes halogenated alkanes) is 1. The number of carbonyl (C=O) groups is 2. The molecule has 1 N–H and O–H groups in total. The SMILES string of the molecule is CCCCN1C=C[C@H]2[C@@H](C1=O)[C@H]1NC(=O)C=C(OC)[C@@H]21. The van der Waals surface area contributed by atoms with E-state index in [4.69, 9.17) is 4.74 Å². The van der Waals surface area contributed by atoms with E-state index in [1.54, 1.807) is 12.0 Å². The number of ether oxygens (including phenoxy) is 1. The van der Waals surface area contributed by atoms with E-state index in [0.717, 1.165) is 19.4 Å². The van der Waals surface area contributed by atoms with Gasteiger partial charge >= 0.3 is 0 Å². The number of carbonyl (C=O) groups excluding carboxylic acids is 2. The lowest BCUT2D eigenvalue weighted by atomic mass is 9.57. The first-order valence-corrected chi connectivity index (χ1v) is 7.22. The highest BCUT2D eigenvalue weighted by Crippen LogP contribution is 2.49. The first-order chi connectivity index (χ1) is 9.67. The number of fused-ring (bicyclic) bond motifs is 4. The largest absolute Gasteiger partial charge is 0.500 e. The summed E-state index contributed by atoms with van der Waals surface area (Å²) < 4.78 is 5.31. The Morgan fingerprint density at radius 2 is 2.15 bits per heavy atom. The third-order valence-corrected chi connectivity index (χ3v) is 4.56. The van der Waals surface area contributed by atoms with Gasteiger partial charge in [0, 0.05) is 30.7 Å². The molecule has 0 aromatic heterocycles. The maximum absolute atomic E-state index is 12.5. The van der Waals surface area contributed by atoms with Crippen molar-refractivity contribution in [3.05, 3.63) is 24.1 Å². The molecule has 0 bridgehead atoms. The van der Waals surface area contributed by atoms with Gasteiger partial charge in [0.05, 0.1) is 19.1 Å². The number of hydrogen-bond acceptors (Lipinski definition) is 3. The monoisotopic (exact) mass is 276 g/mol. The molecule has 1 fully saturated rings. The molecule has 5 nitrogen and oxygen atoms in total. The molecule has 0 radical (unpaired) electrons. The van der Waals surface area contributed by atoms with E-state index in [1.807, 2.05) is 6.20 Å². The third-order valence-electron chi connectivity index (χ3n) is 4.56. The first-order valence-electron chi connectivity index (χ1n) is 7.22. The van der Waals surface area contributed by atoms with Crippen LogP contribution in [0.1, 0.15) is 19.8 Å². The van der Waals surface area contributed by atoms with Crippen molar-refractivity contribution in [1.29, 1.82) is 0 Å². The van der Waals surface area contributed by atoms with Crippen LogP contribution in [0.2, 0.25) is 0 Å². The predicted molar refractivity (Wildman–Crippen MR) is 73.3 cm³/mol. The zero-order valence-corrected chi connectivity index (χ0v) is 11.8. The molecule has 4 atom stereocenters. The highest BCUT2D eigenvalue weighted by molar-refractivity contribution is 5.92. The Bertz CT molecular complexity index is 497. The molecular weight excluding hydrogens is 256 g/mol. The van der Waals surface area contributed by atoms with Crippen molar-refractivity contribution in [1.82, 2.24) is 10.2 Å². The zero-order valence-electron chi connectivity index (χ0n) is 11.8. The van der Waals surface area contributed by atoms with Crippen molar-refractivity contribution in [3.8, 4) is 0 Å². The lowest BCUT2D eigenvalue weighted by Gasteiger charge is -2.54. The maximum Gasteiger partial charge on any atom is 0.247 e. The number of hydrogen-bond donors (Lipinski definition) is 1. The fourth-order valence-electron chi connectivity index (χ4n) is 3.49. The van der Waals surface area contributed by atoms with E-state index in [2.05, 4.69) is 18.3 Å². The average Bonchev–Trinajstić information content (AvgIpc) is 2.43.